The zero-order valence-electron chi connectivity index (χ0n) is 14.5. The van der Waals surface area contributed by atoms with E-state index in [9.17, 15) is 22.8 Å². The fourth-order valence-corrected chi connectivity index (χ4v) is 4.27. The van der Waals surface area contributed by atoms with Crippen LogP contribution in [0.1, 0.15) is 34.5 Å². The quantitative estimate of drug-likeness (QED) is 0.654. The molecule has 9 heteroatoms. The molecule has 0 aliphatic carbocycles. The van der Waals surface area contributed by atoms with Gasteiger partial charge in [0.05, 0.1) is 5.52 Å². The van der Waals surface area contributed by atoms with Crippen LogP contribution in [-0.4, -0.2) is 52.2 Å². The number of aromatic nitrogens is 2. The lowest BCUT2D eigenvalue weighted by Gasteiger charge is -2.44. The number of hydrogen-bond donors (Lipinski definition) is 1. The molecule has 0 radical (unpaired) electrons. The second-order valence-electron chi connectivity index (χ2n) is 7.37. The van der Waals surface area contributed by atoms with Crippen molar-refractivity contribution in [3.05, 3.63) is 23.9 Å². The fraction of sp³-hybridized carbons (Fsp3) is 0.500. The van der Waals surface area contributed by atoms with Crippen LogP contribution in [0.3, 0.4) is 0 Å². The molecule has 1 atom stereocenters. The minimum absolute atomic E-state index is 0.0659. The number of fused-ring (bicyclic) bond motifs is 4. The number of Topliss-reactive ketones (excluding diaryl/α,β-unsaturated/α-hetero) is 1. The predicted molar refractivity (Wildman–Crippen MR) is 92.4 cm³/mol. The Kier molecular flexibility index (Phi) is 4.21. The standard InChI is InChI=1S/C18H19F3N4O2/c19-18(20,21)17(27)25-14-2-1-12(22)8-13(14)16(23-25)15(26)7-11-9-24-5-3-10(11)4-6-24/h1-2,8,10-11H,3-7,9,22H2/t11-/m1/s1. The summed E-state index contributed by atoms with van der Waals surface area (Å²) in [7, 11) is 0. The Morgan fingerprint density at radius 2 is 1.93 bits per heavy atom. The zero-order chi connectivity index (χ0) is 19.3. The van der Waals surface area contributed by atoms with Gasteiger partial charge in [0.15, 0.2) is 5.78 Å². The molecule has 0 amide bonds. The molecule has 3 aliphatic rings. The third kappa shape index (κ3) is 3.20. The van der Waals surface area contributed by atoms with Gasteiger partial charge in [0.1, 0.15) is 5.69 Å². The van der Waals surface area contributed by atoms with E-state index < -0.39 is 12.1 Å². The maximum atomic E-state index is 12.9. The topological polar surface area (TPSA) is 81.2 Å². The number of piperidine rings is 3. The molecule has 1 aromatic carbocycles. The lowest BCUT2D eigenvalue weighted by Crippen LogP contribution is -2.47. The Labute approximate surface area is 153 Å². The van der Waals surface area contributed by atoms with Crippen molar-refractivity contribution in [2.75, 3.05) is 25.4 Å². The third-order valence-electron chi connectivity index (χ3n) is 5.64. The Balaban J connectivity index is 1.69. The van der Waals surface area contributed by atoms with Crippen LogP contribution >= 0.6 is 0 Å². The number of rotatable bonds is 3. The number of nitrogens with zero attached hydrogens (tertiary/aromatic N) is 3. The third-order valence-corrected chi connectivity index (χ3v) is 5.64. The summed E-state index contributed by atoms with van der Waals surface area (Å²) in [5, 5.41) is 3.93. The Bertz CT molecular complexity index is 913. The van der Waals surface area contributed by atoms with Crippen molar-refractivity contribution in [2.45, 2.75) is 25.4 Å². The average molecular weight is 380 g/mol. The van der Waals surface area contributed by atoms with Crippen LogP contribution in [0, 0.1) is 11.8 Å². The van der Waals surface area contributed by atoms with Gasteiger partial charge in [-0.1, -0.05) is 0 Å². The van der Waals surface area contributed by atoms with E-state index in [0.717, 1.165) is 32.5 Å². The van der Waals surface area contributed by atoms with Gasteiger partial charge in [0, 0.05) is 24.0 Å². The molecule has 0 unspecified atom stereocenters. The molecule has 1 aromatic heterocycles. The first-order chi connectivity index (χ1) is 12.7. The molecule has 2 bridgehead atoms. The van der Waals surface area contributed by atoms with Crippen LogP contribution in [0.4, 0.5) is 18.9 Å². The molecular formula is C18H19F3N4O2. The molecule has 27 heavy (non-hydrogen) atoms. The van der Waals surface area contributed by atoms with E-state index >= 15 is 0 Å². The Hall–Kier alpha value is -2.42. The highest BCUT2D eigenvalue weighted by molar-refractivity contribution is 6.09. The van der Waals surface area contributed by atoms with Crippen molar-refractivity contribution in [1.29, 1.82) is 0 Å². The molecule has 4 heterocycles. The number of ketones is 1. The molecule has 2 N–H and O–H groups in total. The van der Waals surface area contributed by atoms with E-state index in [1.54, 1.807) is 0 Å². The second kappa shape index (κ2) is 6.33. The number of anilines is 1. The largest absolute Gasteiger partial charge is 0.473 e. The molecule has 5 rings (SSSR count). The minimum Gasteiger partial charge on any atom is -0.399 e. The fourth-order valence-electron chi connectivity index (χ4n) is 4.27. The number of benzene rings is 1. The molecule has 3 saturated heterocycles. The van der Waals surface area contributed by atoms with E-state index in [1.165, 1.54) is 18.2 Å². The summed E-state index contributed by atoms with van der Waals surface area (Å²) < 4.78 is 39.0. The first-order valence-corrected chi connectivity index (χ1v) is 8.89. The van der Waals surface area contributed by atoms with Crippen LogP contribution in [0.25, 0.3) is 10.9 Å². The van der Waals surface area contributed by atoms with Crippen LogP contribution in [0.2, 0.25) is 0 Å². The van der Waals surface area contributed by atoms with E-state index in [1.807, 2.05) is 0 Å². The van der Waals surface area contributed by atoms with Crippen LogP contribution in [0.15, 0.2) is 18.2 Å². The number of carbonyl (C=O) groups is 2. The van der Waals surface area contributed by atoms with Crippen molar-refractivity contribution < 1.29 is 22.8 Å². The summed E-state index contributed by atoms with van der Waals surface area (Å²) in [4.78, 5) is 26.9. The van der Waals surface area contributed by atoms with E-state index in [-0.39, 0.29) is 39.4 Å². The van der Waals surface area contributed by atoms with E-state index in [2.05, 4.69) is 10.00 Å². The molecule has 0 saturated carbocycles. The number of hydrogen-bond acceptors (Lipinski definition) is 5. The SMILES string of the molecule is Nc1ccc2c(c1)c(C(=O)C[C@@H]1CN3CCC1CC3)nn2C(=O)C(F)(F)F. The van der Waals surface area contributed by atoms with E-state index in [4.69, 9.17) is 5.73 Å². The van der Waals surface area contributed by atoms with Gasteiger partial charge in [-0.25, -0.2) is 0 Å². The van der Waals surface area contributed by atoms with Crippen molar-refractivity contribution in [2.24, 2.45) is 11.8 Å². The normalized spacial score (nSPS) is 25.1. The van der Waals surface area contributed by atoms with Crippen molar-refractivity contribution in [3.63, 3.8) is 0 Å². The smallest absolute Gasteiger partial charge is 0.399 e. The molecule has 6 nitrogen and oxygen atoms in total. The monoisotopic (exact) mass is 380 g/mol. The summed E-state index contributed by atoms with van der Waals surface area (Å²) >= 11 is 0. The van der Waals surface area contributed by atoms with Gasteiger partial charge in [-0.05, 0) is 56.0 Å². The summed E-state index contributed by atoms with van der Waals surface area (Å²) in [5.41, 5.74) is 5.84. The van der Waals surface area contributed by atoms with Gasteiger partial charge in [-0.2, -0.15) is 23.0 Å². The van der Waals surface area contributed by atoms with Crippen LogP contribution in [-0.2, 0) is 0 Å². The maximum absolute atomic E-state index is 12.9. The molecule has 2 aromatic rings. The lowest BCUT2D eigenvalue weighted by atomic mass is 9.76. The van der Waals surface area contributed by atoms with Gasteiger partial charge in [0.25, 0.3) is 0 Å². The number of nitrogens with two attached hydrogens (primary N) is 1. The number of halogens is 3. The molecule has 3 aliphatic heterocycles. The van der Waals surface area contributed by atoms with E-state index in [0.29, 0.717) is 11.6 Å². The molecular weight excluding hydrogens is 361 g/mol. The molecule has 144 valence electrons. The van der Waals surface area contributed by atoms with Crippen LogP contribution in [0.5, 0.6) is 0 Å². The predicted octanol–water partition coefficient (Wildman–Crippen LogP) is 2.74. The molecule has 0 spiro atoms. The number of carbonyl (C=O) groups excluding carboxylic acids is 2. The van der Waals surface area contributed by atoms with Crippen molar-refractivity contribution in [1.82, 2.24) is 14.7 Å². The first kappa shape index (κ1) is 18.0. The summed E-state index contributed by atoms with van der Waals surface area (Å²) in [6.07, 6.45) is -2.81. The van der Waals surface area contributed by atoms with Gasteiger partial charge in [0.2, 0.25) is 0 Å². The van der Waals surface area contributed by atoms with Crippen molar-refractivity contribution in [3.8, 4) is 0 Å². The zero-order valence-corrected chi connectivity index (χ0v) is 14.5. The van der Waals surface area contributed by atoms with Crippen LogP contribution < -0.4 is 5.73 Å². The van der Waals surface area contributed by atoms with Gasteiger partial charge >= 0.3 is 12.1 Å². The van der Waals surface area contributed by atoms with Gasteiger partial charge < -0.3 is 10.6 Å². The second-order valence-corrected chi connectivity index (χ2v) is 7.37. The van der Waals surface area contributed by atoms with Gasteiger partial charge in [-0.3, -0.25) is 9.59 Å². The summed E-state index contributed by atoms with van der Waals surface area (Å²) in [6.45, 7) is 2.88. The minimum atomic E-state index is -5.09. The highest BCUT2D eigenvalue weighted by Crippen LogP contribution is 2.35. The highest BCUT2D eigenvalue weighted by Gasteiger charge is 2.42. The number of nitrogen functional groups attached to an aromatic ring is 1. The first-order valence-electron chi connectivity index (χ1n) is 8.89. The summed E-state index contributed by atoms with van der Waals surface area (Å²) in [6, 6.07) is 4.06. The summed E-state index contributed by atoms with van der Waals surface area (Å²) in [5.74, 6) is -1.86. The lowest BCUT2D eigenvalue weighted by molar-refractivity contribution is -0.0952. The Morgan fingerprint density at radius 3 is 2.52 bits per heavy atom. The average Bonchev–Trinajstić information content (AvgIpc) is 2.99. The van der Waals surface area contributed by atoms with Gasteiger partial charge in [-0.15, -0.1) is 0 Å². The molecule has 3 fully saturated rings. The Morgan fingerprint density at radius 1 is 1.22 bits per heavy atom. The maximum Gasteiger partial charge on any atom is 0.473 e. The van der Waals surface area contributed by atoms with Crippen molar-refractivity contribution >= 4 is 28.3 Å². The number of alkyl halides is 3. The highest BCUT2D eigenvalue weighted by atomic mass is 19.4.